The van der Waals surface area contributed by atoms with Gasteiger partial charge in [0.25, 0.3) is 5.88 Å². The minimum absolute atomic E-state index is 0.0538. The van der Waals surface area contributed by atoms with Gasteiger partial charge >= 0.3 is 0 Å². The summed E-state index contributed by atoms with van der Waals surface area (Å²) < 4.78 is 0. The second-order valence-electron chi connectivity index (χ2n) is 2.67. The predicted molar refractivity (Wildman–Crippen MR) is 50.1 cm³/mol. The number of anilines is 1. The van der Waals surface area contributed by atoms with Gasteiger partial charge in [-0.1, -0.05) is 0 Å². The normalized spacial score (nSPS) is 10.1. The van der Waals surface area contributed by atoms with E-state index in [-0.39, 0.29) is 19.1 Å². The van der Waals surface area contributed by atoms with Crippen molar-refractivity contribution in [3.8, 4) is 5.88 Å². The molecular formula is C8H13N3O3. The lowest BCUT2D eigenvalue weighted by molar-refractivity contribution is 0.280. The van der Waals surface area contributed by atoms with E-state index in [0.717, 1.165) is 0 Å². The summed E-state index contributed by atoms with van der Waals surface area (Å²) in [4.78, 5) is 1.63. The summed E-state index contributed by atoms with van der Waals surface area (Å²) in [5.74, 6) is -0.200. The van der Waals surface area contributed by atoms with E-state index >= 15 is 0 Å². The molecule has 0 fully saturated rings. The summed E-state index contributed by atoms with van der Waals surface area (Å²) >= 11 is 0. The molecule has 0 aliphatic rings. The number of aliphatic hydroxyl groups is 2. The Morgan fingerprint density at radius 2 is 1.86 bits per heavy atom. The molecule has 0 saturated carbocycles. The topological polar surface area (TPSA) is 89.7 Å². The van der Waals surface area contributed by atoms with Gasteiger partial charge in [0.2, 0.25) is 0 Å². The van der Waals surface area contributed by atoms with Crippen molar-refractivity contribution in [2.75, 3.05) is 31.2 Å². The van der Waals surface area contributed by atoms with E-state index in [1.807, 2.05) is 0 Å². The highest BCUT2D eigenvalue weighted by Crippen LogP contribution is 2.22. The number of aliphatic hydroxyl groups excluding tert-OH is 2. The Balaban J connectivity index is 2.81. The molecule has 0 saturated heterocycles. The Morgan fingerprint density at radius 1 is 1.21 bits per heavy atom. The molecule has 6 nitrogen and oxygen atoms in total. The lowest BCUT2D eigenvalue weighted by Crippen LogP contribution is -2.29. The summed E-state index contributed by atoms with van der Waals surface area (Å²) in [7, 11) is 0. The van der Waals surface area contributed by atoms with E-state index in [1.54, 1.807) is 11.0 Å². The van der Waals surface area contributed by atoms with Gasteiger partial charge in [-0.3, -0.25) is 0 Å². The molecule has 0 aromatic carbocycles. The molecule has 0 aliphatic carbocycles. The number of hydrogen-bond acceptors (Lipinski definition) is 6. The van der Waals surface area contributed by atoms with Crippen LogP contribution in [0.5, 0.6) is 5.88 Å². The van der Waals surface area contributed by atoms with Crippen LogP contribution in [-0.4, -0.2) is 51.8 Å². The van der Waals surface area contributed by atoms with Crippen LogP contribution in [0.2, 0.25) is 0 Å². The van der Waals surface area contributed by atoms with Gasteiger partial charge in [0, 0.05) is 13.1 Å². The fourth-order valence-electron chi connectivity index (χ4n) is 1.16. The highest BCUT2D eigenvalue weighted by molar-refractivity contribution is 5.52. The monoisotopic (exact) mass is 199 g/mol. The van der Waals surface area contributed by atoms with E-state index < -0.39 is 0 Å². The fourth-order valence-corrected chi connectivity index (χ4v) is 1.16. The van der Waals surface area contributed by atoms with Crippen molar-refractivity contribution in [3.63, 3.8) is 0 Å². The van der Waals surface area contributed by atoms with Crippen molar-refractivity contribution in [2.24, 2.45) is 0 Å². The number of nitrogens with zero attached hydrogens (tertiary/aromatic N) is 3. The number of aromatic nitrogens is 2. The molecule has 0 aliphatic heterocycles. The highest BCUT2D eigenvalue weighted by atomic mass is 16.3. The molecule has 1 rings (SSSR count). The van der Waals surface area contributed by atoms with Crippen molar-refractivity contribution < 1.29 is 15.3 Å². The first-order chi connectivity index (χ1) is 6.79. The molecule has 0 amide bonds. The lowest BCUT2D eigenvalue weighted by Gasteiger charge is -2.22. The van der Waals surface area contributed by atoms with Gasteiger partial charge in [0.15, 0.2) is 0 Å². The molecule has 3 N–H and O–H groups in total. The van der Waals surface area contributed by atoms with Crippen molar-refractivity contribution in [2.45, 2.75) is 0 Å². The van der Waals surface area contributed by atoms with Gasteiger partial charge in [-0.2, -0.15) is 5.10 Å². The highest BCUT2D eigenvalue weighted by Gasteiger charge is 2.10. The molecule has 0 unspecified atom stereocenters. The Morgan fingerprint density at radius 3 is 2.36 bits per heavy atom. The van der Waals surface area contributed by atoms with Gasteiger partial charge in [0.1, 0.15) is 5.69 Å². The Hall–Kier alpha value is -1.40. The number of aromatic hydroxyl groups is 1. The standard InChI is InChI=1S/C8H13N3O3/c12-5-3-11(4-6-13)7-1-2-9-10-8(7)14/h1-2,12-13H,3-6H2,(H,10,14). The summed E-state index contributed by atoms with van der Waals surface area (Å²) in [6, 6.07) is 1.58. The molecular weight excluding hydrogens is 186 g/mol. The first kappa shape index (κ1) is 10.7. The van der Waals surface area contributed by atoms with Crippen molar-refractivity contribution >= 4 is 5.69 Å². The Bertz CT molecular complexity index is 276. The first-order valence-electron chi connectivity index (χ1n) is 4.27. The van der Waals surface area contributed by atoms with Crippen LogP contribution < -0.4 is 4.90 Å². The minimum atomic E-state index is -0.200. The van der Waals surface area contributed by atoms with Gasteiger partial charge in [-0.15, -0.1) is 5.10 Å². The quantitative estimate of drug-likeness (QED) is 0.562. The molecule has 0 radical (unpaired) electrons. The molecule has 14 heavy (non-hydrogen) atoms. The maximum absolute atomic E-state index is 9.36. The smallest absolute Gasteiger partial charge is 0.254 e. The second kappa shape index (κ2) is 5.36. The third-order valence-corrected chi connectivity index (χ3v) is 1.76. The number of rotatable bonds is 5. The van der Waals surface area contributed by atoms with Gasteiger partial charge in [0.05, 0.1) is 19.4 Å². The van der Waals surface area contributed by atoms with E-state index in [2.05, 4.69) is 10.2 Å². The van der Waals surface area contributed by atoms with Crippen molar-refractivity contribution in [1.29, 1.82) is 0 Å². The van der Waals surface area contributed by atoms with Gasteiger partial charge in [-0.05, 0) is 6.07 Å². The largest absolute Gasteiger partial charge is 0.491 e. The molecule has 1 heterocycles. The maximum Gasteiger partial charge on any atom is 0.254 e. The summed E-state index contributed by atoms with van der Waals surface area (Å²) in [5.41, 5.74) is 0.461. The second-order valence-corrected chi connectivity index (χ2v) is 2.67. The average molecular weight is 199 g/mol. The first-order valence-corrected chi connectivity index (χ1v) is 4.27. The van der Waals surface area contributed by atoms with Crippen LogP contribution in [0.3, 0.4) is 0 Å². The fraction of sp³-hybridized carbons (Fsp3) is 0.500. The van der Waals surface area contributed by atoms with Crippen LogP contribution in [0.25, 0.3) is 0 Å². The SMILES string of the molecule is OCCN(CCO)c1ccnnc1O. The van der Waals surface area contributed by atoms with Crippen molar-refractivity contribution in [1.82, 2.24) is 10.2 Å². The van der Waals surface area contributed by atoms with Gasteiger partial charge < -0.3 is 20.2 Å². The molecule has 1 aromatic rings. The van der Waals surface area contributed by atoms with Crippen LogP contribution in [0.1, 0.15) is 0 Å². The summed E-state index contributed by atoms with van der Waals surface area (Å²) in [6.45, 7) is 0.559. The van der Waals surface area contributed by atoms with E-state index in [1.165, 1.54) is 6.20 Å². The predicted octanol–water partition coefficient (Wildman–Crippen LogP) is -1.03. The zero-order valence-electron chi connectivity index (χ0n) is 7.67. The van der Waals surface area contributed by atoms with E-state index in [9.17, 15) is 5.11 Å². The van der Waals surface area contributed by atoms with E-state index in [0.29, 0.717) is 18.8 Å². The maximum atomic E-state index is 9.36. The molecule has 0 atom stereocenters. The van der Waals surface area contributed by atoms with Gasteiger partial charge in [-0.25, -0.2) is 0 Å². The zero-order chi connectivity index (χ0) is 10.4. The van der Waals surface area contributed by atoms with Crippen LogP contribution in [0.15, 0.2) is 12.3 Å². The molecule has 6 heteroatoms. The van der Waals surface area contributed by atoms with Crippen molar-refractivity contribution in [3.05, 3.63) is 12.3 Å². The molecule has 0 spiro atoms. The molecule has 1 aromatic heterocycles. The van der Waals surface area contributed by atoms with Crippen LogP contribution in [0, 0.1) is 0 Å². The van der Waals surface area contributed by atoms with Crippen LogP contribution in [-0.2, 0) is 0 Å². The van der Waals surface area contributed by atoms with E-state index in [4.69, 9.17) is 10.2 Å². The average Bonchev–Trinajstić information content (AvgIpc) is 2.18. The zero-order valence-corrected chi connectivity index (χ0v) is 7.67. The third kappa shape index (κ3) is 2.54. The Kier molecular flexibility index (Phi) is 4.09. The van der Waals surface area contributed by atoms with Crippen LogP contribution in [0.4, 0.5) is 5.69 Å². The number of hydrogen-bond donors (Lipinski definition) is 3. The third-order valence-electron chi connectivity index (χ3n) is 1.76. The summed E-state index contributed by atoms with van der Waals surface area (Å²) in [5, 5.41) is 33.9. The minimum Gasteiger partial charge on any atom is -0.491 e. The molecule has 0 bridgehead atoms. The molecule has 78 valence electrons. The lowest BCUT2D eigenvalue weighted by atomic mass is 10.3. The Labute approximate surface area is 81.4 Å². The summed E-state index contributed by atoms with van der Waals surface area (Å²) in [6.07, 6.45) is 1.44. The van der Waals surface area contributed by atoms with Crippen LogP contribution >= 0.6 is 0 Å².